The van der Waals surface area contributed by atoms with Crippen LogP contribution in [-0.4, -0.2) is 34.9 Å². The number of rotatable bonds is 8. The van der Waals surface area contributed by atoms with E-state index in [1.54, 1.807) is 0 Å². The second kappa shape index (κ2) is 8.55. The number of primary amides is 1. The zero-order chi connectivity index (χ0) is 22.9. The van der Waals surface area contributed by atoms with Crippen molar-refractivity contribution in [2.75, 3.05) is 17.7 Å². The van der Waals surface area contributed by atoms with Crippen LogP contribution >= 0.6 is 0 Å². The zero-order valence-corrected chi connectivity index (χ0v) is 18.1. The Bertz CT molecular complexity index is 1240. The first kappa shape index (κ1) is 21.0. The molecule has 170 valence electrons. The van der Waals surface area contributed by atoms with E-state index in [-0.39, 0.29) is 42.0 Å². The minimum Gasteiger partial charge on any atom is -0.369 e. The molecule has 10 nitrogen and oxygen atoms in total. The van der Waals surface area contributed by atoms with Crippen LogP contribution in [0.3, 0.4) is 0 Å². The second-order valence-corrected chi connectivity index (χ2v) is 8.48. The fourth-order valence-corrected chi connectivity index (χ4v) is 4.96. The molecular weight excluding hydrogens is 422 g/mol. The van der Waals surface area contributed by atoms with Crippen LogP contribution in [0.5, 0.6) is 0 Å². The van der Waals surface area contributed by atoms with E-state index in [0.29, 0.717) is 11.6 Å². The highest BCUT2D eigenvalue weighted by Gasteiger charge is 2.49. The van der Waals surface area contributed by atoms with Gasteiger partial charge >= 0.3 is 5.95 Å². The van der Waals surface area contributed by atoms with Crippen LogP contribution < -0.4 is 26.8 Å². The van der Waals surface area contributed by atoms with Crippen LogP contribution in [-0.2, 0) is 20.8 Å². The van der Waals surface area contributed by atoms with E-state index < -0.39 is 0 Å². The van der Waals surface area contributed by atoms with Crippen molar-refractivity contribution in [2.45, 2.75) is 18.9 Å². The summed E-state index contributed by atoms with van der Waals surface area (Å²) in [5.74, 6) is 0.955. The number of aromatic nitrogens is 3. The van der Waals surface area contributed by atoms with Gasteiger partial charge in [-0.05, 0) is 36.1 Å². The number of hydroxylamine groups is 1. The lowest BCUT2D eigenvalue weighted by atomic mass is 9.88. The van der Waals surface area contributed by atoms with Gasteiger partial charge in [0.1, 0.15) is 0 Å². The molecule has 2 aromatic heterocycles. The molecule has 0 radical (unpaired) electrons. The molecule has 1 fully saturated rings. The normalized spacial score (nSPS) is 23.1. The lowest BCUT2D eigenvalue weighted by Crippen LogP contribution is -2.42. The second-order valence-electron chi connectivity index (χ2n) is 8.48. The van der Waals surface area contributed by atoms with Crippen molar-refractivity contribution in [3.63, 3.8) is 0 Å². The summed E-state index contributed by atoms with van der Waals surface area (Å²) >= 11 is 0. The van der Waals surface area contributed by atoms with Gasteiger partial charge in [0.25, 0.3) is 0 Å². The molecule has 0 saturated heterocycles. The van der Waals surface area contributed by atoms with Gasteiger partial charge < -0.3 is 16.0 Å². The zero-order valence-electron chi connectivity index (χ0n) is 18.1. The van der Waals surface area contributed by atoms with Gasteiger partial charge in [-0.2, -0.15) is 0 Å². The third-order valence-electron chi connectivity index (χ3n) is 6.33. The lowest BCUT2D eigenvalue weighted by Gasteiger charge is -2.25. The largest absolute Gasteiger partial charge is 0.369 e. The Morgan fingerprint density at radius 3 is 2.94 bits per heavy atom. The third kappa shape index (κ3) is 4.12. The van der Waals surface area contributed by atoms with Gasteiger partial charge in [0.05, 0.1) is 36.6 Å². The number of amides is 2. The first-order chi connectivity index (χ1) is 16.0. The predicted octanol–water partition coefficient (Wildman–Crippen LogP) is 1.43. The molecule has 2 aliphatic rings. The number of hydrogen-bond donors (Lipinski definition) is 5. The molecule has 4 unspecified atom stereocenters. The van der Waals surface area contributed by atoms with E-state index in [1.165, 1.54) is 7.11 Å². The summed E-state index contributed by atoms with van der Waals surface area (Å²) in [6.07, 6.45) is 7.22. The highest BCUT2D eigenvalue weighted by Crippen LogP contribution is 2.45. The van der Waals surface area contributed by atoms with Gasteiger partial charge in [-0.3, -0.25) is 19.7 Å². The van der Waals surface area contributed by atoms with Crippen molar-refractivity contribution in [2.24, 2.45) is 23.5 Å². The number of fused-ring (bicyclic) bond motifs is 3. The average molecular weight is 449 g/mol. The summed E-state index contributed by atoms with van der Waals surface area (Å²) in [4.78, 5) is 39.7. The van der Waals surface area contributed by atoms with Gasteiger partial charge in [0.15, 0.2) is 0 Å². The number of allylic oxidation sites excluding steroid dienone is 1. The first-order valence-corrected chi connectivity index (χ1v) is 10.8. The number of nitrogens with one attached hydrogen (secondary N) is 5. The number of anilines is 3. The van der Waals surface area contributed by atoms with Gasteiger partial charge in [-0.25, -0.2) is 10.5 Å². The Morgan fingerprint density at radius 1 is 1.27 bits per heavy atom. The molecule has 7 N–H and O–H groups in total. The van der Waals surface area contributed by atoms with E-state index in [9.17, 15) is 9.59 Å². The number of aromatic amines is 2. The monoisotopic (exact) mass is 448 g/mol. The summed E-state index contributed by atoms with van der Waals surface area (Å²) in [7, 11) is 1.40. The molecule has 2 bridgehead atoms. The number of benzene rings is 1. The minimum absolute atomic E-state index is 0.0790. The van der Waals surface area contributed by atoms with E-state index in [2.05, 4.69) is 48.1 Å². The average Bonchev–Trinajstić information content (AvgIpc) is 3.50. The molecule has 0 aliphatic heterocycles. The SMILES string of the molecule is CONC(=O)Cc1cccc(Nc2nc3[nH]ccc3c(NC3C4C=CC(C4)C3C(N)=O)[nH+]2)c1. The number of H-pyrrole nitrogens is 2. The maximum atomic E-state index is 12.1. The minimum atomic E-state index is -0.281. The number of carbonyl (C=O) groups is 2. The fraction of sp³-hybridized carbons (Fsp3) is 0.304. The van der Waals surface area contributed by atoms with Crippen molar-refractivity contribution in [3.05, 3.63) is 54.2 Å². The molecule has 1 aromatic carbocycles. The first-order valence-electron chi connectivity index (χ1n) is 10.8. The van der Waals surface area contributed by atoms with Crippen molar-refractivity contribution >= 4 is 40.3 Å². The van der Waals surface area contributed by atoms with Crippen molar-refractivity contribution < 1.29 is 19.4 Å². The Hall–Kier alpha value is -3.92. The molecule has 2 aliphatic carbocycles. The Kier molecular flexibility index (Phi) is 5.43. The number of nitrogens with zero attached hydrogens (tertiary/aromatic N) is 1. The highest BCUT2D eigenvalue weighted by atomic mass is 16.6. The van der Waals surface area contributed by atoms with Gasteiger partial charge in [-0.15, -0.1) is 0 Å². The van der Waals surface area contributed by atoms with Gasteiger partial charge in [0.2, 0.25) is 23.3 Å². The summed E-state index contributed by atoms with van der Waals surface area (Å²) in [6, 6.07) is 9.35. The van der Waals surface area contributed by atoms with Crippen molar-refractivity contribution in [3.8, 4) is 0 Å². The Morgan fingerprint density at radius 2 is 2.12 bits per heavy atom. The summed E-state index contributed by atoms with van der Waals surface area (Å²) in [5, 5.41) is 7.69. The molecule has 5 rings (SSSR count). The highest BCUT2D eigenvalue weighted by molar-refractivity contribution is 5.87. The number of nitrogens with two attached hydrogens (primary N) is 1. The van der Waals surface area contributed by atoms with Crippen molar-refractivity contribution in [1.82, 2.24) is 15.4 Å². The third-order valence-corrected chi connectivity index (χ3v) is 6.33. The Labute approximate surface area is 190 Å². The number of carbonyl (C=O) groups excluding carboxylic acids is 2. The topological polar surface area (TPSA) is 148 Å². The molecule has 2 heterocycles. The van der Waals surface area contributed by atoms with E-state index in [1.807, 2.05) is 36.5 Å². The molecule has 4 atom stereocenters. The fourth-order valence-electron chi connectivity index (χ4n) is 4.96. The number of hydrogen-bond acceptors (Lipinski definition) is 6. The summed E-state index contributed by atoms with van der Waals surface area (Å²) in [6.45, 7) is 0. The Balaban J connectivity index is 1.40. The van der Waals surface area contributed by atoms with Crippen LogP contribution in [0.25, 0.3) is 11.0 Å². The summed E-state index contributed by atoms with van der Waals surface area (Å²) < 4.78 is 0. The van der Waals surface area contributed by atoms with E-state index >= 15 is 0 Å². The van der Waals surface area contributed by atoms with Crippen LogP contribution in [0.2, 0.25) is 0 Å². The van der Waals surface area contributed by atoms with Gasteiger partial charge in [0, 0.05) is 12.1 Å². The molecule has 33 heavy (non-hydrogen) atoms. The van der Waals surface area contributed by atoms with Gasteiger partial charge in [-0.1, -0.05) is 29.3 Å². The van der Waals surface area contributed by atoms with Crippen LogP contribution in [0, 0.1) is 17.8 Å². The molecule has 2 amide bonds. The molecule has 0 spiro atoms. The van der Waals surface area contributed by atoms with Crippen LogP contribution in [0.15, 0.2) is 48.7 Å². The predicted molar refractivity (Wildman–Crippen MR) is 122 cm³/mol. The molecule has 10 heteroatoms. The van der Waals surface area contributed by atoms with E-state index in [4.69, 9.17) is 5.73 Å². The lowest BCUT2D eigenvalue weighted by molar-refractivity contribution is -0.346. The van der Waals surface area contributed by atoms with E-state index in [0.717, 1.165) is 28.9 Å². The molecule has 1 saturated carbocycles. The standard InChI is InChI=1S/C23H25N7O3/c1-33-30-17(31)10-12-3-2-4-15(9-12)26-23-28-21-16(7-8-25-21)22(29-23)27-19-14-6-5-13(11-14)18(19)20(24)32/h2-9,13-14,18-19H,10-11H2,1H3,(H2,24,32)(H,30,31)(H3,25,26,27,28,29)/p+1. The molecule has 3 aromatic rings. The smallest absolute Gasteiger partial charge is 0.351 e. The van der Waals surface area contributed by atoms with Crippen molar-refractivity contribution in [1.29, 1.82) is 0 Å². The quantitative estimate of drug-likeness (QED) is 0.260. The maximum absolute atomic E-state index is 12.1. The summed E-state index contributed by atoms with van der Waals surface area (Å²) in [5.41, 5.74) is 10.3. The maximum Gasteiger partial charge on any atom is 0.351 e. The molecular formula is C23H26N7O3+. The van der Waals surface area contributed by atoms with Crippen LogP contribution in [0.4, 0.5) is 17.5 Å². The van der Waals surface area contributed by atoms with Crippen LogP contribution in [0.1, 0.15) is 12.0 Å².